The van der Waals surface area contributed by atoms with Crippen LogP contribution in [0.3, 0.4) is 0 Å². The van der Waals surface area contributed by atoms with Crippen LogP contribution in [0.4, 0.5) is 28.4 Å². The molecule has 0 saturated heterocycles. The SMILES string of the molecule is COc1cccc(N(C(=O)CC(C)=O)C(Oc2cc([N+](=O)[O-])ccc2N)Oc2cc([N+](=O)[O-])ccc2N)c1. The maximum Gasteiger partial charge on any atom is 0.334 e. The smallest absolute Gasteiger partial charge is 0.334 e. The molecule has 0 bridgehead atoms. The van der Waals surface area contributed by atoms with Crippen LogP contribution in [0.1, 0.15) is 13.3 Å². The molecule has 14 nitrogen and oxygen atoms in total. The van der Waals surface area contributed by atoms with Gasteiger partial charge in [-0.15, -0.1) is 0 Å². The number of methoxy groups -OCH3 is 1. The minimum atomic E-state index is -1.79. The molecule has 38 heavy (non-hydrogen) atoms. The number of Topliss-reactive ketones (excluding diaryl/α,β-unsaturated/α-hetero) is 1. The zero-order valence-electron chi connectivity index (χ0n) is 20.2. The van der Waals surface area contributed by atoms with E-state index < -0.39 is 34.4 Å². The summed E-state index contributed by atoms with van der Waals surface area (Å²) in [5.74, 6) is -1.41. The number of hydrogen-bond acceptors (Lipinski definition) is 11. The number of nitrogens with two attached hydrogens (primary N) is 2. The number of rotatable bonds is 11. The lowest BCUT2D eigenvalue weighted by atomic mass is 10.2. The largest absolute Gasteiger partial charge is 0.497 e. The van der Waals surface area contributed by atoms with Crippen molar-refractivity contribution in [3.05, 3.63) is 80.9 Å². The van der Waals surface area contributed by atoms with E-state index in [2.05, 4.69) is 0 Å². The van der Waals surface area contributed by atoms with Crippen LogP contribution in [0, 0.1) is 20.2 Å². The highest BCUT2D eigenvalue weighted by molar-refractivity contribution is 6.05. The van der Waals surface area contributed by atoms with Crippen molar-refractivity contribution in [3.8, 4) is 17.2 Å². The van der Waals surface area contributed by atoms with Gasteiger partial charge in [-0.3, -0.25) is 29.8 Å². The van der Waals surface area contributed by atoms with Crippen molar-refractivity contribution >= 4 is 40.1 Å². The molecule has 0 aliphatic heterocycles. The average Bonchev–Trinajstić information content (AvgIpc) is 2.86. The molecule has 1 amide bonds. The molecular formula is C24H23N5O9. The summed E-state index contributed by atoms with van der Waals surface area (Å²) in [5, 5.41) is 22.6. The van der Waals surface area contributed by atoms with Gasteiger partial charge in [-0.1, -0.05) is 6.07 Å². The van der Waals surface area contributed by atoms with Gasteiger partial charge in [0.2, 0.25) is 5.91 Å². The number of anilines is 3. The zero-order chi connectivity index (χ0) is 28.0. The molecule has 0 spiro atoms. The van der Waals surface area contributed by atoms with Crippen LogP contribution in [0.25, 0.3) is 0 Å². The Labute approximate surface area is 215 Å². The molecule has 14 heteroatoms. The van der Waals surface area contributed by atoms with Gasteiger partial charge in [-0.2, -0.15) is 0 Å². The third-order valence-corrected chi connectivity index (χ3v) is 5.08. The number of ether oxygens (including phenoxy) is 3. The first-order valence-electron chi connectivity index (χ1n) is 10.9. The Morgan fingerprint density at radius 1 is 0.895 bits per heavy atom. The number of nitrogen functional groups attached to an aromatic ring is 2. The summed E-state index contributed by atoms with van der Waals surface area (Å²) < 4.78 is 17.0. The highest BCUT2D eigenvalue weighted by Gasteiger charge is 2.32. The van der Waals surface area contributed by atoms with Gasteiger partial charge in [0.15, 0.2) is 11.5 Å². The van der Waals surface area contributed by atoms with E-state index in [4.69, 9.17) is 25.7 Å². The number of carbonyl (C=O) groups excluding carboxylic acids is 2. The van der Waals surface area contributed by atoms with E-state index in [9.17, 15) is 29.8 Å². The number of ketones is 1. The Bertz CT molecular complexity index is 1330. The second kappa shape index (κ2) is 11.6. The van der Waals surface area contributed by atoms with Crippen molar-refractivity contribution in [3.63, 3.8) is 0 Å². The molecule has 3 rings (SSSR count). The zero-order valence-corrected chi connectivity index (χ0v) is 20.2. The van der Waals surface area contributed by atoms with Gasteiger partial charge in [0, 0.05) is 18.2 Å². The summed E-state index contributed by atoms with van der Waals surface area (Å²) in [6.45, 7) is 1.20. The predicted molar refractivity (Wildman–Crippen MR) is 136 cm³/mol. The monoisotopic (exact) mass is 525 g/mol. The van der Waals surface area contributed by atoms with Crippen molar-refractivity contribution in [1.29, 1.82) is 0 Å². The maximum absolute atomic E-state index is 13.3. The molecule has 0 aliphatic carbocycles. The van der Waals surface area contributed by atoms with Gasteiger partial charge in [0.05, 0.1) is 52.6 Å². The fourth-order valence-electron chi connectivity index (χ4n) is 3.27. The number of non-ortho nitro benzene ring substituents is 2. The Hall–Kier alpha value is -5.40. The van der Waals surface area contributed by atoms with Crippen molar-refractivity contribution in [2.45, 2.75) is 19.8 Å². The van der Waals surface area contributed by atoms with Gasteiger partial charge >= 0.3 is 6.41 Å². The Kier molecular flexibility index (Phi) is 8.27. The summed E-state index contributed by atoms with van der Waals surface area (Å²) in [6.07, 6.45) is -2.36. The molecule has 3 aromatic rings. The van der Waals surface area contributed by atoms with Crippen LogP contribution in [0.5, 0.6) is 17.2 Å². The second-order valence-electron chi connectivity index (χ2n) is 7.85. The van der Waals surface area contributed by atoms with E-state index in [0.717, 1.165) is 29.2 Å². The van der Waals surface area contributed by atoms with Crippen LogP contribution in [0.2, 0.25) is 0 Å². The fourth-order valence-corrected chi connectivity index (χ4v) is 3.27. The number of amides is 1. The van der Waals surface area contributed by atoms with Gasteiger partial charge in [0.25, 0.3) is 11.4 Å². The fraction of sp³-hybridized carbons (Fsp3) is 0.167. The van der Waals surface area contributed by atoms with Gasteiger partial charge in [-0.25, -0.2) is 4.90 Å². The quantitative estimate of drug-likeness (QED) is 0.122. The van der Waals surface area contributed by atoms with Crippen LogP contribution < -0.4 is 30.6 Å². The molecule has 4 N–H and O–H groups in total. The molecule has 0 radical (unpaired) electrons. The van der Waals surface area contributed by atoms with E-state index in [0.29, 0.717) is 5.75 Å². The van der Waals surface area contributed by atoms with Crippen LogP contribution in [-0.2, 0) is 9.59 Å². The van der Waals surface area contributed by atoms with Gasteiger partial charge in [0.1, 0.15) is 11.5 Å². The summed E-state index contributed by atoms with van der Waals surface area (Å²) in [5.41, 5.74) is 11.3. The van der Waals surface area contributed by atoms with Crippen molar-refractivity contribution in [2.24, 2.45) is 0 Å². The van der Waals surface area contributed by atoms with E-state index in [1.54, 1.807) is 12.1 Å². The highest BCUT2D eigenvalue weighted by atomic mass is 16.7. The molecule has 0 aliphatic rings. The average molecular weight is 525 g/mol. The molecule has 0 aromatic heterocycles. The summed E-state index contributed by atoms with van der Waals surface area (Å²) in [6, 6.07) is 12.9. The number of hydrogen-bond donors (Lipinski definition) is 2. The van der Waals surface area contributed by atoms with E-state index in [-0.39, 0.29) is 39.9 Å². The molecule has 198 valence electrons. The lowest BCUT2D eigenvalue weighted by molar-refractivity contribution is -0.385. The number of nitro benzene ring substituents is 2. The number of nitro groups is 2. The Morgan fingerprint density at radius 2 is 1.42 bits per heavy atom. The number of benzene rings is 3. The van der Waals surface area contributed by atoms with Crippen molar-refractivity contribution in [2.75, 3.05) is 23.5 Å². The first kappa shape index (κ1) is 27.2. The molecule has 0 saturated carbocycles. The lowest BCUT2D eigenvalue weighted by Gasteiger charge is -2.32. The first-order chi connectivity index (χ1) is 18.0. The second-order valence-corrected chi connectivity index (χ2v) is 7.85. The summed E-state index contributed by atoms with van der Waals surface area (Å²) in [7, 11) is 1.40. The van der Waals surface area contributed by atoms with E-state index in [1.165, 1.54) is 38.3 Å². The van der Waals surface area contributed by atoms with Crippen LogP contribution in [0.15, 0.2) is 60.7 Å². The first-order valence-corrected chi connectivity index (χ1v) is 10.9. The molecule has 3 aromatic carbocycles. The number of nitrogens with zero attached hydrogens (tertiary/aromatic N) is 3. The summed E-state index contributed by atoms with van der Waals surface area (Å²) >= 11 is 0. The minimum Gasteiger partial charge on any atom is -0.497 e. The van der Waals surface area contributed by atoms with Crippen LogP contribution in [-0.4, -0.2) is 35.1 Å². The minimum absolute atomic E-state index is 0.0409. The highest BCUT2D eigenvalue weighted by Crippen LogP contribution is 2.34. The molecule has 0 heterocycles. The third-order valence-electron chi connectivity index (χ3n) is 5.08. The topological polar surface area (TPSA) is 203 Å². The normalized spacial score (nSPS) is 10.5. The third kappa shape index (κ3) is 6.42. The van der Waals surface area contributed by atoms with Crippen LogP contribution >= 0.6 is 0 Å². The summed E-state index contributed by atoms with van der Waals surface area (Å²) in [4.78, 5) is 47.4. The molecule has 0 atom stereocenters. The maximum atomic E-state index is 13.3. The standard InChI is InChI=1S/C24H23N5O9/c1-14(30)10-23(31)27(15-4-3-5-18(11-15)36-2)24(37-21-12-16(28(32)33)6-8-19(21)25)38-22-13-17(29(34)35)7-9-20(22)26/h3-9,11-13,24H,10,25-26H2,1-2H3. The molecular weight excluding hydrogens is 502 g/mol. The van der Waals surface area contributed by atoms with E-state index in [1.807, 2.05) is 0 Å². The Balaban J connectivity index is 2.20. The lowest BCUT2D eigenvalue weighted by Crippen LogP contribution is -2.48. The van der Waals surface area contributed by atoms with Gasteiger partial charge < -0.3 is 25.7 Å². The molecule has 0 fully saturated rings. The van der Waals surface area contributed by atoms with Crippen molar-refractivity contribution in [1.82, 2.24) is 0 Å². The Morgan fingerprint density at radius 3 is 1.87 bits per heavy atom. The van der Waals surface area contributed by atoms with Crippen molar-refractivity contribution < 1.29 is 33.6 Å². The van der Waals surface area contributed by atoms with Gasteiger partial charge in [-0.05, 0) is 31.2 Å². The predicted octanol–water partition coefficient (Wildman–Crippen LogP) is 3.43. The molecule has 0 unspecified atom stereocenters. The number of carbonyl (C=O) groups is 2. The van der Waals surface area contributed by atoms with E-state index >= 15 is 0 Å².